The third-order valence-corrected chi connectivity index (χ3v) is 4.00. The average molecular weight is 302 g/mol. The van der Waals surface area contributed by atoms with E-state index in [9.17, 15) is 0 Å². The molecule has 116 valence electrons. The molecule has 0 spiro atoms. The van der Waals surface area contributed by atoms with Crippen molar-refractivity contribution in [2.24, 2.45) is 11.1 Å². The second-order valence-electron chi connectivity index (χ2n) is 7.42. The lowest BCUT2D eigenvalue weighted by molar-refractivity contribution is 0.0889. The van der Waals surface area contributed by atoms with Gasteiger partial charge in [0.25, 0.3) is 0 Å². The second-order valence-corrected chi connectivity index (χ2v) is 7.42. The Morgan fingerprint density at radius 3 is 2.55 bits per heavy atom. The van der Waals surface area contributed by atoms with E-state index < -0.39 is 0 Å². The van der Waals surface area contributed by atoms with Crippen LogP contribution in [-0.4, -0.2) is 39.0 Å². The van der Waals surface area contributed by atoms with E-state index in [1.807, 2.05) is 4.68 Å². The molecule has 0 bridgehead atoms. The molecule has 5 nitrogen and oxygen atoms in total. The summed E-state index contributed by atoms with van der Waals surface area (Å²) in [6, 6.07) is 0.300. The summed E-state index contributed by atoms with van der Waals surface area (Å²) >= 11 is 0. The van der Waals surface area contributed by atoms with Gasteiger partial charge in [0.15, 0.2) is 0 Å². The number of hydrogen-bond acceptors (Lipinski definition) is 4. The third kappa shape index (κ3) is 3.93. The lowest BCUT2D eigenvalue weighted by Gasteiger charge is -2.42. The highest BCUT2D eigenvalue weighted by molar-refractivity contribution is 5.85. The zero-order valence-electron chi connectivity index (χ0n) is 13.3. The Balaban J connectivity index is 0.00000200. The van der Waals surface area contributed by atoms with Gasteiger partial charge in [-0.25, -0.2) is 4.68 Å². The molecule has 0 amide bonds. The van der Waals surface area contributed by atoms with Crippen LogP contribution in [-0.2, 0) is 12.1 Å². The van der Waals surface area contributed by atoms with Crippen molar-refractivity contribution in [3.63, 3.8) is 0 Å². The zero-order chi connectivity index (χ0) is 14.3. The Bertz CT molecular complexity index is 435. The minimum atomic E-state index is -0.00519. The number of piperidine rings is 1. The van der Waals surface area contributed by atoms with Crippen LogP contribution in [0, 0.1) is 5.41 Å². The maximum Gasteiger partial charge on any atom is 0.0967 e. The van der Waals surface area contributed by atoms with E-state index in [-0.39, 0.29) is 23.4 Å². The van der Waals surface area contributed by atoms with Crippen molar-refractivity contribution in [2.75, 3.05) is 13.1 Å². The molecule has 0 aliphatic carbocycles. The van der Waals surface area contributed by atoms with Gasteiger partial charge in [0, 0.05) is 25.7 Å². The molecule has 1 unspecified atom stereocenters. The number of likely N-dealkylation sites (tertiary alicyclic amines) is 1. The molecule has 1 atom stereocenters. The van der Waals surface area contributed by atoms with Crippen molar-refractivity contribution < 1.29 is 0 Å². The summed E-state index contributed by atoms with van der Waals surface area (Å²) in [6.45, 7) is 13.8. The quantitative estimate of drug-likeness (QED) is 0.908. The molecule has 6 heteroatoms. The maximum atomic E-state index is 6.17. The Morgan fingerprint density at radius 2 is 2.05 bits per heavy atom. The second kappa shape index (κ2) is 6.00. The molecule has 20 heavy (non-hydrogen) atoms. The van der Waals surface area contributed by atoms with Crippen LogP contribution in [0.1, 0.15) is 46.7 Å². The minimum Gasteiger partial charge on any atom is -0.327 e. The summed E-state index contributed by atoms with van der Waals surface area (Å²) < 4.78 is 1.93. The highest BCUT2D eigenvalue weighted by Crippen LogP contribution is 2.28. The SMILES string of the molecule is CC1(C)CN(Cc2cn(C(C)(C)C)nn2)CCC1N.Cl. The Kier molecular flexibility index (Phi) is 5.22. The van der Waals surface area contributed by atoms with Crippen molar-refractivity contribution >= 4 is 12.4 Å². The number of halogens is 1. The van der Waals surface area contributed by atoms with Crippen LogP contribution in [0.4, 0.5) is 0 Å². The number of hydrogen-bond donors (Lipinski definition) is 1. The van der Waals surface area contributed by atoms with Gasteiger partial charge in [-0.3, -0.25) is 4.90 Å². The highest BCUT2D eigenvalue weighted by Gasteiger charge is 2.33. The smallest absolute Gasteiger partial charge is 0.0967 e. The van der Waals surface area contributed by atoms with Crippen molar-refractivity contribution in [1.82, 2.24) is 19.9 Å². The maximum absolute atomic E-state index is 6.17. The molecule has 1 aliphatic heterocycles. The van der Waals surface area contributed by atoms with E-state index in [0.29, 0.717) is 6.04 Å². The third-order valence-electron chi connectivity index (χ3n) is 4.00. The van der Waals surface area contributed by atoms with Gasteiger partial charge in [-0.2, -0.15) is 0 Å². The predicted molar refractivity (Wildman–Crippen MR) is 83.9 cm³/mol. The Hall–Kier alpha value is -0.650. The van der Waals surface area contributed by atoms with Crippen molar-refractivity contribution in [3.8, 4) is 0 Å². The van der Waals surface area contributed by atoms with Gasteiger partial charge in [-0.15, -0.1) is 17.5 Å². The first-order valence-corrected chi connectivity index (χ1v) is 7.08. The van der Waals surface area contributed by atoms with Crippen LogP contribution in [0.15, 0.2) is 6.20 Å². The van der Waals surface area contributed by atoms with Gasteiger partial charge in [0.1, 0.15) is 0 Å². The lowest BCUT2D eigenvalue weighted by atomic mass is 9.80. The molecule has 1 fully saturated rings. The van der Waals surface area contributed by atoms with Gasteiger partial charge in [-0.1, -0.05) is 19.1 Å². The van der Waals surface area contributed by atoms with Gasteiger partial charge >= 0.3 is 0 Å². The van der Waals surface area contributed by atoms with E-state index in [4.69, 9.17) is 5.73 Å². The largest absolute Gasteiger partial charge is 0.327 e. The number of nitrogens with two attached hydrogens (primary N) is 1. The van der Waals surface area contributed by atoms with Gasteiger partial charge in [-0.05, 0) is 32.6 Å². The van der Waals surface area contributed by atoms with Gasteiger partial charge < -0.3 is 5.73 Å². The van der Waals surface area contributed by atoms with Gasteiger partial charge in [0.05, 0.1) is 17.4 Å². The molecule has 0 aromatic carbocycles. The summed E-state index contributed by atoms with van der Waals surface area (Å²) in [4.78, 5) is 2.43. The standard InChI is InChI=1S/C14H27N5.ClH/c1-13(2,3)19-9-11(16-17-19)8-18-7-6-12(15)14(4,5)10-18;/h9,12H,6-8,10,15H2,1-5H3;1H. The summed E-state index contributed by atoms with van der Waals surface area (Å²) in [7, 11) is 0. The lowest BCUT2D eigenvalue weighted by Crippen LogP contribution is -2.52. The molecule has 2 rings (SSSR count). The van der Waals surface area contributed by atoms with Crippen LogP contribution in [0.3, 0.4) is 0 Å². The van der Waals surface area contributed by atoms with Crippen LogP contribution in [0.2, 0.25) is 0 Å². The fourth-order valence-corrected chi connectivity index (χ4v) is 2.55. The Labute approximate surface area is 128 Å². The molecular weight excluding hydrogens is 274 g/mol. The van der Waals surface area contributed by atoms with Crippen molar-refractivity contribution in [1.29, 1.82) is 0 Å². The van der Waals surface area contributed by atoms with Crippen LogP contribution < -0.4 is 5.73 Å². The highest BCUT2D eigenvalue weighted by atomic mass is 35.5. The molecule has 0 radical (unpaired) electrons. The molecule has 1 aromatic heterocycles. The van der Waals surface area contributed by atoms with Crippen LogP contribution in [0.5, 0.6) is 0 Å². The van der Waals surface area contributed by atoms with Crippen molar-refractivity contribution in [3.05, 3.63) is 11.9 Å². The van der Waals surface area contributed by atoms with E-state index in [2.05, 4.69) is 56.0 Å². The fraction of sp³-hybridized carbons (Fsp3) is 0.857. The zero-order valence-corrected chi connectivity index (χ0v) is 14.1. The molecule has 2 N–H and O–H groups in total. The summed E-state index contributed by atoms with van der Waals surface area (Å²) in [5, 5.41) is 8.50. The predicted octanol–water partition coefficient (Wildman–Crippen LogP) is 2.01. The van der Waals surface area contributed by atoms with E-state index in [0.717, 1.165) is 31.7 Å². The fourth-order valence-electron chi connectivity index (χ4n) is 2.55. The van der Waals surface area contributed by atoms with Crippen LogP contribution >= 0.6 is 12.4 Å². The topological polar surface area (TPSA) is 60.0 Å². The van der Waals surface area contributed by atoms with E-state index in [1.54, 1.807) is 0 Å². The van der Waals surface area contributed by atoms with Crippen LogP contribution in [0.25, 0.3) is 0 Å². The Morgan fingerprint density at radius 1 is 1.40 bits per heavy atom. The summed E-state index contributed by atoms with van der Waals surface area (Å²) in [5.74, 6) is 0. The normalized spacial score (nSPS) is 23.4. The minimum absolute atomic E-state index is 0. The van der Waals surface area contributed by atoms with E-state index >= 15 is 0 Å². The first kappa shape index (κ1) is 17.4. The average Bonchev–Trinajstić information content (AvgIpc) is 2.71. The first-order chi connectivity index (χ1) is 8.68. The molecule has 1 aliphatic rings. The number of aromatic nitrogens is 3. The van der Waals surface area contributed by atoms with Crippen molar-refractivity contribution in [2.45, 2.75) is 59.2 Å². The summed E-state index contributed by atoms with van der Waals surface area (Å²) in [5.41, 5.74) is 7.39. The molecule has 1 saturated heterocycles. The molecule has 0 saturated carbocycles. The first-order valence-electron chi connectivity index (χ1n) is 7.08. The number of rotatable bonds is 2. The summed E-state index contributed by atoms with van der Waals surface area (Å²) in [6.07, 6.45) is 3.11. The van der Waals surface area contributed by atoms with E-state index in [1.165, 1.54) is 0 Å². The molecule has 2 heterocycles. The van der Waals surface area contributed by atoms with Gasteiger partial charge in [0.2, 0.25) is 0 Å². The monoisotopic (exact) mass is 301 g/mol. The number of nitrogens with zero attached hydrogens (tertiary/aromatic N) is 4. The molecule has 1 aromatic rings. The molecular formula is C14H28ClN5.